The second-order valence-corrected chi connectivity index (χ2v) is 59.4. The highest BCUT2D eigenvalue weighted by atomic mass is 28.4. The second-order valence-electron chi connectivity index (χ2n) is 35.5. The molecule has 8 heterocycles. The normalized spacial score (nSPS) is 34.5. The molecule has 8 aliphatic heterocycles. The van der Waals surface area contributed by atoms with Crippen molar-refractivity contribution in [2.75, 3.05) is 13.7 Å². The molecule has 0 amide bonds. The van der Waals surface area contributed by atoms with Gasteiger partial charge in [0, 0.05) is 45.1 Å². The predicted octanol–water partition coefficient (Wildman–Crippen LogP) is 17.2. The monoisotopic (exact) mass is 1320 g/mol. The molecule has 5 fully saturated rings. The van der Waals surface area contributed by atoms with E-state index >= 15 is 4.79 Å². The first-order chi connectivity index (χ1) is 40.0. The van der Waals surface area contributed by atoms with Crippen molar-refractivity contribution in [2.45, 2.75) is 370 Å². The summed E-state index contributed by atoms with van der Waals surface area (Å²) in [6.45, 7) is 68.9. The molecular formula is C70H130O13Si5. The minimum absolute atomic E-state index is 0.0171. The number of methoxy groups -OCH3 is 1. The largest absolute Gasteiger partial charge is 0.414 e. The van der Waals surface area contributed by atoms with Crippen molar-refractivity contribution < 1.29 is 60.1 Å². The fraction of sp³-hybridized carbons (Fsp3) is 0.886. The van der Waals surface area contributed by atoms with Crippen molar-refractivity contribution >= 4 is 53.2 Å². The Kier molecular flexibility index (Phi) is 24.7. The van der Waals surface area contributed by atoms with Crippen molar-refractivity contribution in [3.8, 4) is 0 Å². The molecule has 0 aliphatic carbocycles. The number of ether oxygens (including phenoxy) is 6. The Bertz CT molecular complexity index is 2410. The first-order valence-corrected chi connectivity index (χ1v) is 48.8. The number of hydrogen-bond acceptors (Lipinski definition) is 13. The van der Waals surface area contributed by atoms with Gasteiger partial charge in [-0.1, -0.05) is 130 Å². The van der Waals surface area contributed by atoms with Crippen LogP contribution in [0.3, 0.4) is 0 Å². The Morgan fingerprint density at radius 1 is 0.545 bits per heavy atom. The molecule has 0 N–H and O–H groups in total. The van der Waals surface area contributed by atoms with E-state index in [4.69, 9.17) is 50.6 Å². The summed E-state index contributed by atoms with van der Waals surface area (Å²) >= 11 is 0. The van der Waals surface area contributed by atoms with E-state index in [1.165, 1.54) is 0 Å². The van der Waals surface area contributed by atoms with Crippen LogP contribution in [-0.2, 0) is 60.1 Å². The molecule has 0 aromatic carbocycles. The lowest BCUT2D eigenvalue weighted by atomic mass is 9.81. The first-order valence-electron chi connectivity index (χ1n) is 34.2. The molecule has 0 radical (unpaired) electrons. The molecular weight excluding hydrogens is 1190 g/mol. The van der Waals surface area contributed by atoms with Crippen molar-refractivity contribution in [3.05, 3.63) is 36.5 Å². The van der Waals surface area contributed by atoms with Gasteiger partial charge in [-0.15, -0.1) is 0 Å². The van der Waals surface area contributed by atoms with Gasteiger partial charge in [0.2, 0.25) is 0 Å². The van der Waals surface area contributed by atoms with Gasteiger partial charge in [-0.2, -0.15) is 0 Å². The maximum absolute atomic E-state index is 15.4. The van der Waals surface area contributed by atoms with Gasteiger partial charge in [-0.05, 0) is 159 Å². The van der Waals surface area contributed by atoms with Crippen LogP contribution in [0, 0.1) is 11.8 Å². The van der Waals surface area contributed by atoms with Crippen LogP contribution in [0.4, 0.5) is 0 Å². The van der Waals surface area contributed by atoms with Crippen molar-refractivity contribution in [3.63, 3.8) is 0 Å². The van der Waals surface area contributed by atoms with Gasteiger partial charge >= 0.3 is 0 Å². The van der Waals surface area contributed by atoms with Gasteiger partial charge in [0.05, 0.1) is 73.8 Å². The van der Waals surface area contributed by atoms with Crippen LogP contribution >= 0.6 is 0 Å². The van der Waals surface area contributed by atoms with Crippen LogP contribution in [-0.4, -0.2) is 158 Å². The van der Waals surface area contributed by atoms with Gasteiger partial charge in [-0.25, -0.2) is 0 Å². The molecule has 88 heavy (non-hydrogen) atoms. The average molecular weight is 1320 g/mol. The number of carbonyl (C=O) groups excluding carboxylic acids is 2. The number of allylic oxidation sites excluding steroid dienone is 1. The van der Waals surface area contributed by atoms with E-state index < -0.39 is 84.3 Å². The van der Waals surface area contributed by atoms with E-state index in [1.807, 2.05) is 6.08 Å². The third-order valence-corrected chi connectivity index (χ3v) is 46.0. The molecule has 8 bridgehead atoms. The van der Waals surface area contributed by atoms with Gasteiger partial charge < -0.3 is 50.6 Å². The maximum atomic E-state index is 15.4. The molecule has 13 nitrogen and oxygen atoms in total. The lowest BCUT2D eigenvalue weighted by Crippen LogP contribution is -2.69. The first kappa shape index (κ1) is 76.2. The summed E-state index contributed by atoms with van der Waals surface area (Å²) < 4.78 is 80.3. The maximum Gasteiger partial charge on any atom is 0.193 e. The number of hydrogen-bond donors (Lipinski definition) is 0. The van der Waals surface area contributed by atoms with E-state index in [1.54, 1.807) is 13.2 Å². The Morgan fingerprint density at radius 2 is 1.07 bits per heavy atom. The quantitative estimate of drug-likeness (QED) is 0.121. The number of ketones is 2. The third-order valence-electron chi connectivity index (χ3n) is 23.5. The Hall–Kier alpha value is -0.796. The zero-order valence-corrected chi connectivity index (χ0v) is 65.9. The van der Waals surface area contributed by atoms with Gasteiger partial charge in [0.1, 0.15) is 30.2 Å². The molecule has 0 spiro atoms. The minimum atomic E-state index is -2.60. The molecule has 508 valence electrons. The van der Waals surface area contributed by atoms with E-state index in [2.05, 4.69) is 189 Å². The number of carbonyl (C=O) groups is 2. The lowest BCUT2D eigenvalue weighted by Gasteiger charge is -2.56. The van der Waals surface area contributed by atoms with Crippen LogP contribution in [0.15, 0.2) is 36.5 Å². The van der Waals surface area contributed by atoms with Crippen LogP contribution in [0.5, 0.6) is 0 Å². The Balaban J connectivity index is 1.45. The highest BCUT2D eigenvalue weighted by Gasteiger charge is 2.59. The molecule has 8 unspecified atom stereocenters. The zero-order valence-electron chi connectivity index (χ0n) is 60.9. The topological polar surface area (TPSA) is 136 Å². The molecule has 0 aromatic heterocycles. The summed E-state index contributed by atoms with van der Waals surface area (Å²) in [6.07, 6.45) is 4.93. The predicted molar refractivity (Wildman–Crippen MR) is 371 cm³/mol. The fourth-order valence-electron chi connectivity index (χ4n) is 12.4. The summed E-state index contributed by atoms with van der Waals surface area (Å²) in [5.74, 6) is 0.0629. The number of fused-ring (bicyclic) bond motifs is 2. The number of rotatable bonds is 14. The summed E-state index contributed by atoms with van der Waals surface area (Å²) in [7, 11) is -10.4. The molecule has 8 rings (SSSR count). The Labute approximate surface area is 542 Å². The fourth-order valence-corrected chi connectivity index (χ4v) is 18.7. The molecule has 17 atom stereocenters. The molecule has 5 saturated heterocycles. The summed E-state index contributed by atoms with van der Waals surface area (Å²) in [5, 5.41) is -0.482. The smallest absolute Gasteiger partial charge is 0.193 e. The molecule has 0 aromatic rings. The van der Waals surface area contributed by atoms with Crippen LogP contribution in [0.2, 0.25) is 90.7 Å². The van der Waals surface area contributed by atoms with Gasteiger partial charge in [0.15, 0.2) is 47.4 Å². The van der Waals surface area contributed by atoms with Crippen molar-refractivity contribution in [1.82, 2.24) is 0 Å². The summed E-state index contributed by atoms with van der Waals surface area (Å²) in [5.41, 5.74) is 2.13. The van der Waals surface area contributed by atoms with Crippen molar-refractivity contribution in [1.29, 1.82) is 0 Å². The van der Waals surface area contributed by atoms with Crippen molar-refractivity contribution in [2.24, 2.45) is 11.8 Å². The lowest BCUT2D eigenvalue weighted by molar-refractivity contribution is -0.266. The Morgan fingerprint density at radius 3 is 1.62 bits per heavy atom. The standard InChI is InChI=1S/C70H130O13Si5/c1-45-38-51-33-36-55-46(2)39-50(75-55)32-30-48(71)31-35-57(81-86(24,25)68(10,11)12)63-65(83-88(28,29)70(16,17)18)64(82-87(26,27)69(13,14)15)62-56(79-63)37-34-52(77-62)40-49(72)41-54-59(43-58(76-51)47(45)3)78-60(61(54)73-19)42-53(80-85(22,23)67(7,8)9)44-74-84(20,21)66(4,5)6/h31,35,45,50-65H,2-3,30,32-34,36-44H2,1,4-29H3/b35-31+/t45-,50?,51+,52?,53+,54+,55?,56+,57?,58?,59+,60?,61-,62+,63+,64?,65?/m1/s1. The van der Waals surface area contributed by atoms with Crippen LogP contribution in [0.1, 0.15) is 188 Å². The SMILES string of the molecule is C=C1CC2CCC(=O)/C=C/C(O[Si](C)(C)C(C)(C)C)[C@@H]3O[C@H]4CCC(CC(=O)C[C@H]5[C@H](CC6O[C@@H](CCC1O2)C[C@@H](C)C6=C)OC(C[C@@H](CO[Si](C)(C)C(C)(C)C)O[Si](C)(C)C(C)(C)C)[C@@H]5OC)O[C@@H]4C(O[Si](C)(C)C(C)(C)C)C3O[Si](C)(C)C(C)(C)C. The zero-order chi connectivity index (χ0) is 66.5. The second kappa shape index (κ2) is 28.5. The van der Waals surface area contributed by atoms with Gasteiger partial charge in [-0.3, -0.25) is 9.59 Å². The summed E-state index contributed by atoms with van der Waals surface area (Å²) in [4.78, 5) is 29.7. The van der Waals surface area contributed by atoms with E-state index in [0.717, 1.165) is 36.8 Å². The molecule has 0 saturated carbocycles. The highest BCUT2D eigenvalue weighted by molar-refractivity contribution is 6.76. The molecule has 18 heteroatoms. The average Bonchev–Trinajstić information content (AvgIpc) is 3.91. The van der Waals surface area contributed by atoms with Crippen LogP contribution < -0.4 is 0 Å². The van der Waals surface area contributed by atoms with E-state index in [-0.39, 0.29) is 110 Å². The minimum Gasteiger partial charge on any atom is -0.414 e. The highest BCUT2D eigenvalue weighted by Crippen LogP contribution is 2.50. The molecule has 8 aliphatic rings. The third kappa shape index (κ3) is 18.6. The van der Waals surface area contributed by atoms with E-state index in [9.17, 15) is 4.79 Å². The summed E-state index contributed by atoms with van der Waals surface area (Å²) in [6, 6.07) is 0. The van der Waals surface area contributed by atoms with Gasteiger partial charge in [0.25, 0.3) is 0 Å². The number of Topliss-reactive ketones (excluding diaryl/α,β-unsaturated/α-hetero) is 1. The van der Waals surface area contributed by atoms with Crippen LogP contribution in [0.25, 0.3) is 0 Å². The van der Waals surface area contributed by atoms with E-state index in [0.29, 0.717) is 45.1 Å².